The number of allylic oxidation sites excluding steroid dienone is 2. The van der Waals surface area contributed by atoms with Gasteiger partial charge >= 0.3 is 0 Å². The van der Waals surface area contributed by atoms with E-state index < -0.39 is 0 Å². The van der Waals surface area contributed by atoms with Crippen LogP contribution in [0.25, 0.3) is 11.6 Å². The van der Waals surface area contributed by atoms with Crippen molar-refractivity contribution in [3.05, 3.63) is 84.9 Å². The first-order chi connectivity index (χ1) is 20.4. The molecular weight excluding hydrogens is 663 g/mol. The van der Waals surface area contributed by atoms with Crippen LogP contribution in [0.5, 0.6) is 11.5 Å². The number of methoxy groups -OCH3 is 1. The van der Waals surface area contributed by atoms with Crippen molar-refractivity contribution < 1.29 is 24.2 Å². The second-order valence-corrected chi connectivity index (χ2v) is 13.2. The highest BCUT2D eigenvalue weighted by atomic mass is 127. The molecule has 2 aliphatic heterocycles. The van der Waals surface area contributed by atoms with E-state index in [1.54, 1.807) is 24.6 Å². The molecule has 0 saturated carbocycles. The summed E-state index contributed by atoms with van der Waals surface area (Å²) >= 11 is 3.68. The van der Waals surface area contributed by atoms with Crippen LogP contribution in [-0.4, -0.2) is 46.6 Å². The lowest BCUT2D eigenvalue weighted by Crippen LogP contribution is -2.34. The lowest BCUT2D eigenvalue weighted by molar-refractivity contribution is -0.140. The molecule has 1 N–H and O–H groups in total. The third-order valence-electron chi connectivity index (χ3n) is 8.70. The van der Waals surface area contributed by atoms with Crippen molar-refractivity contribution in [1.82, 2.24) is 9.88 Å². The standard InChI is InChI=1S/C33H33IN2O5S/c1-3-20-16-23-30(33(39)36(32(23)38)17-22-7-6-12-42-22)24-18-41-27(29(20)24)10-9-21(26-8-4-5-11-35-26)13-19-14-25(34)31(37)28(15-19)40-2/h4-8,11-15,23-24,27,30,37H,3,9-10,16-18H2,1-2H3/b21-13-/t23-,24+,27-,30-/m1/s1. The number of rotatable bonds is 9. The number of phenols is 1. The summed E-state index contributed by atoms with van der Waals surface area (Å²) in [4.78, 5) is 34.2. The zero-order valence-electron chi connectivity index (χ0n) is 23.6. The molecule has 9 heteroatoms. The molecule has 42 heavy (non-hydrogen) atoms. The number of ether oxygens (including phenoxy) is 2. The van der Waals surface area contributed by atoms with Gasteiger partial charge in [0.15, 0.2) is 11.5 Å². The number of carbonyl (C=O) groups excluding carboxylic acids is 2. The van der Waals surface area contributed by atoms with E-state index in [1.165, 1.54) is 16.0 Å². The lowest BCUT2D eigenvalue weighted by atomic mass is 9.69. The Hall–Kier alpha value is -3.02. The average Bonchev–Trinajstić information content (AvgIpc) is 3.73. The van der Waals surface area contributed by atoms with Gasteiger partial charge in [0.05, 0.1) is 47.5 Å². The minimum atomic E-state index is -0.342. The zero-order chi connectivity index (χ0) is 29.4. The SMILES string of the molecule is CCC1=C2[C@@H](CC/C(=C/c3cc(I)c(O)c(OC)c3)c3ccccn3)OC[C@@H]2[C@@H]2C(=O)N(Cc3cccs3)C(=O)[C@@H]2C1. The molecule has 4 heterocycles. The number of hydrogen-bond donors (Lipinski definition) is 1. The number of fused-ring (bicyclic) bond motifs is 3. The number of likely N-dealkylation sites (tertiary alicyclic amines) is 1. The third-order valence-corrected chi connectivity index (χ3v) is 10.4. The number of benzene rings is 1. The maximum absolute atomic E-state index is 13.7. The summed E-state index contributed by atoms with van der Waals surface area (Å²) in [6.07, 6.45) is 6.69. The van der Waals surface area contributed by atoms with Gasteiger partial charge in [-0.3, -0.25) is 19.5 Å². The summed E-state index contributed by atoms with van der Waals surface area (Å²) in [5.74, 6) is -0.225. The van der Waals surface area contributed by atoms with E-state index in [2.05, 4.69) is 40.6 Å². The number of imide groups is 1. The van der Waals surface area contributed by atoms with Crippen LogP contribution in [0, 0.1) is 21.3 Å². The molecule has 0 unspecified atom stereocenters. The number of thiophene rings is 1. The van der Waals surface area contributed by atoms with Crippen molar-refractivity contribution in [2.45, 2.75) is 45.3 Å². The molecule has 1 aliphatic carbocycles. The van der Waals surface area contributed by atoms with Crippen molar-refractivity contribution in [2.75, 3.05) is 13.7 Å². The van der Waals surface area contributed by atoms with Crippen molar-refractivity contribution in [2.24, 2.45) is 17.8 Å². The maximum Gasteiger partial charge on any atom is 0.234 e. The summed E-state index contributed by atoms with van der Waals surface area (Å²) in [5, 5.41) is 12.3. The monoisotopic (exact) mass is 696 g/mol. The molecule has 2 fully saturated rings. The summed E-state index contributed by atoms with van der Waals surface area (Å²) < 4.78 is 12.5. The number of phenolic OH excluding ortho intramolecular Hbond substituents is 1. The van der Waals surface area contributed by atoms with Crippen LogP contribution >= 0.6 is 33.9 Å². The zero-order valence-corrected chi connectivity index (χ0v) is 26.6. The first kappa shape index (κ1) is 29.1. The highest BCUT2D eigenvalue weighted by Crippen LogP contribution is 2.51. The van der Waals surface area contributed by atoms with Crippen molar-refractivity contribution >= 4 is 57.4 Å². The van der Waals surface area contributed by atoms with Gasteiger partial charge in [0.1, 0.15) is 0 Å². The van der Waals surface area contributed by atoms with Crippen LogP contribution in [0.2, 0.25) is 0 Å². The summed E-state index contributed by atoms with van der Waals surface area (Å²) in [7, 11) is 1.55. The van der Waals surface area contributed by atoms with Crippen molar-refractivity contribution in [3.63, 3.8) is 0 Å². The van der Waals surface area contributed by atoms with Gasteiger partial charge in [-0.2, -0.15) is 0 Å². The van der Waals surface area contributed by atoms with E-state index >= 15 is 0 Å². The van der Waals surface area contributed by atoms with E-state index in [0.29, 0.717) is 35.3 Å². The van der Waals surface area contributed by atoms with Gasteiger partial charge in [-0.05, 0) is 107 Å². The Labute approximate surface area is 263 Å². The number of hydrogen-bond acceptors (Lipinski definition) is 7. The molecule has 218 valence electrons. The first-order valence-electron chi connectivity index (χ1n) is 14.3. The molecular formula is C33H33IN2O5S. The second-order valence-electron chi connectivity index (χ2n) is 11.0. The number of pyridine rings is 1. The quantitative estimate of drug-likeness (QED) is 0.152. The number of halogens is 1. The molecule has 2 aromatic heterocycles. The van der Waals surface area contributed by atoms with Gasteiger partial charge in [-0.25, -0.2) is 0 Å². The molecule has 7 nitrogen and oxygen atoms in total. The fourth-order valence-corrected chi connectivity index (χ4v) is 8.06. The van der Waals surface area contributed by atoms with Gasteiger partial charge in [-0.15, -0.1) is 11.3 Å². The summed E-state index contributed by atoms with van der Waals surface area (Å²) in [6.45, 7) is 2.96. The molecule has 4 atom stereocenters. The van der Waals surface area contributed by atoms with Gasteiger partial charge in [0.2, 0.25) is 11.8 Å². The smallest absolute Gasteiger partial charge is 0.234 e. The van der Waals surface area contributed by atoms with Crippen LogP contribution in [0.4, 0.5) is 0 Å². The number of amides is 2. The van der Waals surface area contributed by atoms with Gasteiger partial charge in [-0.1, -0.05) is 24.6 Å². The number of aromatic hydroxyl groups is 1. The molecule has 3 aromatic rings. The van der Waals surface area contributed by atoms with Crippen LogP contribution in [0.1, 0.15) is 48.7 Å². The van der Waals surface area contributed by atoms with E-state index in [4.69, 9.17) is 9.47 Å². The molecule has 0 radical (unpaired) electrons. The third kappa shape index (κ3) is 5.42. The molecule has 3 aliphatic rings. The number of aromatic nitrogens is 1. The highest BCUT2D eigenvalue weighted by Gasteiger charge is 2.56. The van der Waals surface area contributed by atoms with Crippen LogP contribution in [0.15, 0.2) is 65.2 Å². The van der Waals surface area contributed by atoms with Crippen molar-refractivity contribution in [3.8, 4) is 11.5 Å². The van der Waals surface area contributed by atoms with E-state index in [-0.39, 0.29) is 41.4 Å². The molecule has 2 amide bonds. The maximum atomic E-state index is 13.7. The lowest BCUT2D eigenvalue weighted by Gasteiger charge is -2.31. The largest absolute Gasteiger partial charge is 0.504 e. The fourth-order valence-electron chi connectivity index (χ4n) is 6.74. The Morgan fingerprint density at radius 2 is 2.07 bits per heavy atom. The Bertz CT molecular complexity index is 1550. The Kier molecular flexibility index (Phi) is 8.51. The van der Waals surface area contributed by atoms with Crippen LogP contribution in [0.3, 0.4) is 0 Å². The fraction of sp³-hybridized carbons (Fsp3) is 0.364. The van der Waals surface area contributed by atoms with Crippen LogP contribution in [-0.2, 0) is 20.9 Å². The molecule has 0 bridgehead atoms. The minimum absolute atomic E-state index is 0.0359. The van der Waals surface area contributed by atoms with Gasteiger partial charge in [0, 0.05) is 17.0 Å². The minimum Gasteiger partial charge on any atom is -0.504 e. The van der Waals surface area contributed by atoms with Gasteiger partial charge in [0.25, 0.3) is 0 Å². The summed E-state index contributed by atoms with van der Waals surface area (Å²) in [6, 6.07) is 13.6. The average molecular weight is 697 g/mol. The Morgan fingerprint density at radius 1 is 1.21 bits per heavy atom. The van der Waals surface area contributed by atoms with Gasteiger partial charge < -0.3 is 14.6 Å². The number of carbonyl (C=O) groups is 2. The summed E-state index contributed by atoms with van der Waals surface area (Å²) in [5.41, 5.74) is 5.34. The topological polar surface area (TPSA) is 89.0 Å². The predicted octanol–water partition coefficient (Wildman–Crippen LogP) is 6.71. The predicted molar refractivity (Wildman–Crippen MR) is 171 cm³/mol. The Morgan fingerprint density at radius 3 is 2.79 bits per heavy atom. The van der Waals surface area contributed by atoms with Crippen molar-refractivity contribution in [1.29, 1.82) is 0 Å². The first-order valence-corrected chi connectivity index (χ1v) is 16.2. The normalized spacial score (nSPS) is 23.9. The molecule has 0 spiro atoms. The molecule has 6 rings (SSSR count). The second kappa shape index (κ2) is 12.3. The van der Waals surface area contributed by atoms with Crippen LogP contribution < -0.4 is 4.74 Å². The van der Waals surface area contributed by atoms with E-state index in [1.807, 2.05) is 47.8 Å². The molecule has 2 saturated heterocycles. The van der Waals surface area contributed by atoms with E-state index in [0.717, 1.165) is 34.5 Å². The Balaban J connectivity index is 1.26. The highest BCUT2D eigenvalue weighted by molar-refractivity contribution is 14.1. The molecule has 1 aromatic carbocycles. The number of nitrogens with zero attached hydrogens (tertiary/aromatic N) is 2. The van der Waals surface area contributed by atoms with E-state index in [9.17, 15) is 14.7 Å².